The first kappa shape index (κ1) is 20.8. The van der Waals surface area contributed by atoms with Gasteiger partial charge in [0.1, 0.15) is 0 Å². The molecule has 1 heterocycles. The van der Waals surface area contributed by atoms with Crippen molar-refractivity contribution in [2.75, 3.05) is 26.0 Å². The number of hydrogen-bond donors (Lipinski definition) is 0. The number of carbonyl (C=O) groups is 1. The first-order valence-electron chi connectivity index (χ1n) is 9.06. The van der Waals surface area contributed by atoms with E-state index in [1.54, 1.807) is 11.8 Å². The van der Waals surface area contributed by atoms with Gasteiger partial charge in [-0.15, -0.1) is 0 Å². The van der Waals surface area contributed by atoms with Gasteiger partial charge in [-0.1, -0.05) is 43.8 Å². The van der Waals surface area contributed by atoms with Gasteiger partial charge < -0.3 is 9.64 Å². The highest BCUT2D eigenvalue weighted by molar-refractivity contribution is 8.13. The molecule has 0 amide bonds. The Kier molecular flexibility index (Phi) is 10.6. The predicted octanol–water partition coefficient (Wildman–Crippen LogP) is 4.43. The maximum atomic E-state index is 11.8. The van der Waals surface area contributed by atoms with Crippen LogP contribution in [-0.4, -0.2) is 48.0 Å². The topological polar surface area (TPSA) is 41.9 Å². The second-order valence-electron chi connectivity index (χ2n) is 5.78. The Morgan fingerprint density at radius 2 is 2.12 bits per heavy atom. The number of piperidine rings is 1. The lowest BCUT2D eigenvalue weighted by Crippen LogP contribution is -2.42. The van der Waals surface area contributed by atoms with E-state index in [-0.39, 0.29) is 5.97 Å². The zero-order valence-electron chi connectivity index (χ0n) is 15.6. The molecule has 0 spiro atoms. The average molecular weight is 353 g/mol. The number of methoxy groups -OCH3 is 1. The molecule has 0 aromatic rings. The molecule has 0 aliphatic carbocycles. The minimum absolute atomic E-state index is 0.279. The molecule has 0 saturated carbocycles. The second kappa shape index (κ2) is 12.2. The van der Waals surface area contributed by atoms with Crippen molar-refractivity contribution in [3.8, 4) is 0 Å². The Labute approximate surface area is 151 Å². The third-order valence-electron chi connectivity index (χ3n) is 4.11. The molecule has 1 aliphatic heterocycles. The van der Waals surface area contributed by atoms with E-state index in [2.05, 4.69) is 18.7 Å². The van der Waals surface area contributed by atoms with Crippen molar-refractivity contribution in [3.05, 3.63) is 23.8 Å². The molecule has 0 radical (unpaired) electrons. The van der Waals surface area contributed by atoms with Crippen molar-refractivity contribution in [2.24, 2.45) is 4.99 Å². The molecule has 0 N–H and O–H groups in total. The summed E-state index contributed by atoms with van der Waals surface area (Å²) < 4.78 is 4.86. The highest BCUT2D eigenvalue weighted by Crippen LogP contribution is 2.24. The van der Waals surface area contributed by atoms with E-state index in [9.17, 15) is 4.79 Å². The quantitative estimate of drug-likeness (QED) is 0.223. The fourth-order valence-corrected chi connectivity index (χ4v) is 3.86. The lowest BCUT2D eigenvalue weighted by atomic mass is 10.0. The molecule has 24 heavy (non-hydrogen) atoms. The summed E-state index contributed by atoms with van der Waals surface area (Å²) in [7, 11) is 1.42. The number of esters is 1. The summed E-state index contributed by atoms with van der Waals surface area (Å²) in [4.78, 5) is 19.0. The number of rotatable bonds is 7. The third kappa shape index (κ3) is 6.71. The molecule has 5 heteroatoms. The van der Waals surface area contributed by atoms with Crippen LogP contribution >= 0.6 is 11.8 Å². The van der Waals surface area contributed by atoms with Crippen LogP contribution in [0.5, 0.6) is 0 Å². The van der Waals surface area contributed by atoms with E-state index in [0.717, 1.165) is 36.9 Å². The van der Waals surface area contributed by atoms with Crippen molar-refractivity contribution in [1.29, 1.82) is 0 Å². The summed E-state index contributed by atoms with van der Waals surface area (Å²) in [6.45, 7) is 8.26. The van der Waals surface area contributed by atoms with E-state index in [1.165, 1.54) is 26.4 Å². The number of aliphatic imine (C=N–C) groups is 1. The first-order valence-corrected chi connectivity index (χ1v) is 10.0. The molecule has 4 nitrogen and oxygen atoms in total. The van der Waals surface area contributed by atoms with Gasteiger partial charge in [-0.3, -0.25) is 4.99 Å². The second-order valence-corrected chi connectivity index (χ2v) is 6.77. The zero-order valence-corrected chi connectivity index (χ0v) is 16.4. The number of hydrogen-bond acceptors (Lipinski definition) is 4. The summed E-state index contributed by atoms with van der Waals surface area (Å²) in [6.07, 6.45) is 11.6. The fourth-order valence-electron chi connectivity index (χ4n) is 2.82. The van der Waals surface area contributed by atoms with Crippen molar-refractivity contribution < 1.29 is 9.53 Å². The molecule has 1 rings (SSSR count). The van der Waals surface area contributed by atoms with Crippen LogP contribution in [0.1, 0.15) is 52.9 Å². The Morgan fingerprint density at radius 1 is 1.33 bits per heavy atom. The number of ether oxygens (including phenoxy) is 1. The lowest BCUT2D eigenvalue weighted by Gasteiger charge is -2.37. The van der Waals surface area contributed by atoms with Crippen LogP contribution < -0.4 is 0 Å². The predicted molar refractivity (Wildman–Crippen MR) is 105 cm³/mol. The Morgan fingerprint density at radius 3 is 2.75 bits per heavy atom. The van der Waals surface area contributed by atoms with Gasteiger partial charge in [-0.05, 0) is 39.0 Å². The summed E-state index contributed by atoms with van der Waals surface area (Å²) in [5, 5.41) is 1.11. The summed E-state index contributed by atoms with van der Waals surface area (Å²) in [5.74, 6) is 0.447. The molecule has 1 fully saturated rings. The van der Waals surface area contributed by atoms with E-state index in [4.69, 9.17) is 9.73 Å². The van der Waals surface area contributed by atoms with Gasteiger partial charge >= 0.3 is 5.97 Å². The van der Waals surface area contributed by atoms with Crippen LogP contribution in [0.15, 0.2) is 28.8 Å². The molecule has 0 bridgehead atoms. The maximum Gasteiger partial charge on any atom is 0.337 e. The summed E-state index contributed by atoms with van der Waals surface area (Å²) >= 11 is 1.72. The molecular weight excluding hydrogens is 320 g/mol. The van der Waals surface area contributed by atoms with Gasteiger partial charge in [0.25, 0.3) is 0 Å². The van der Waals surface area contributed by atoms with Gasteiger partial charge in [-0.2, -0.15) is 0 Å². The highest BCUT2D eigenvalue weighted by atomic mass is 32.2. The summed E-state index contributed by atoms with van der Waals surface area (Å²) in [5.41, 5.74) is 0.619. The van der Waals surface area contributed by atoms with Crippen molar-refractivity contribution >= 4 is 22.9 Å². The number of thioether (sulfide) groups is 1. The van der Waals surface area contributed by atoms with Gasteiger partial charge in [0.15, 0.2) is 5.17 Å². The molecule has 1 aliphatic rings. The minimum atomic E-state index is -0.279. The van der Waals surface area contributed by atoms with Crippen molar-refractivity contribution in [2.45, 2.75) is 58.9 Å². The van der Waals surface area contributed by atoms with Gasteiger partial charge in [-0.25, -0.2) is 4.79 Å². The number of amidine groups is 1. The largest absolute Gasteiger partial charge is 0.465 e. The fraction of sp³-hybridized carbons (Fsp3) is 0.684. The number of nitrogens with zero attached hydrogens (tertiary/aromatic N) is 2. The minimum Gasteiger partial charge on any atom is -0.465 e. The molecule has 0 aromatic carbocycles. The molecular formula is C19H32N2O2S. The SMILES string of the molecule is CC/C=C\C(=C\CS/C(=N\CC)N1CCCC[C@H]1CC)C(=O)OC. The van der Waals surface area contributed by atoms with Crippen molar-refractivity contribution in [1.82, 2.24) is 4.90 Å². The van der Waals surface area contributed by atoms with Crippen LogP contribution in [0.4, 0.5) is 0 Å². The van der Waals surface area contributed by atoms with Gasteiger partial charge in [0.2, 0.25) is 0 Å². The van der Waals surface area contributed by atoms with Crippen LogP contribution in [0.3, 0.4) is 0 Å². The normalized spacial score (nSPS) is 19.8. The molecule has 0 unspecified atom stereocenters. The van der Waals surface area contributed by atoms with Gasteiger partial charge in [0, 0.05) is 24.9 Å². The van der Waals surface area contributed by atoms with E-state index < -0.39 is 0 Å². The Bertz CT molecular complexity index is 472. The average Bonchev–Trinajstić information content (AvgIpc) is 2.62. The maximum absolute atomic E-state index is 11.8. The van der Waals surface area contributed by atoms with Crippen LogP contribution in [0, 0.1) is 0 Å². The monoisotopic (exact) mass is 352 g/mol. The standard InChI is InChI=1S/C19H32N2O2S/c1-5-8-11-16(18(22)23-4)13-15-24-19(20-7-3)21-14-10-9-12-17(21)6-2/h8,11,13,17H,5-7,9-10,12,14-15H2,1-4H3/b11-8-,16-13-,20-19-/t17-/m1/s1. The summed E-state index contributed by atoms with van der Waals surface area (Å²) in [6, 6.07) is 0.598. The smallest absolute Gasteiger partial charge is 0.337 e. The number of carbonyl (C=O) groups excluding carboxylic acids is 1. The van der Waals surface area contributed by atoms with E-state index >= 15 is 0 Å². The third-order valence-corrected chi connectivity index (χ3v) is 5.06. The van der Waals surface area contributed by atoms with E-state index in [1.807, 2.05) is 25.2 Å². The van der Waals surface area contributed by atoms with Crippen LogP contribution in [0.25, 0.3) is 0 Å². The van der Waals surface area contributed by atoms with Crippen LogP contribution in [0.2, 0.25) is 0 Å². The van der Waals surface area contributed by atoms with E-state index in [0.29, 0.717) is 11.6 Å². The Hall–Kier alpha value is -1.23. The van der Waals surface area contributed by atoms with Gasteiger partial charge in [0.05, 0.1) is 12.7 Å². The van der Waals surface area contributed by atoms with Crippen molar-refractivity contribution in [3.63, 3.8) is 0 Å². The lowest BCUT2D eigenvalue weighted by molar-refractivity contribution is -0.135. The van der Waals surface area contributed by atoms with Crippen LogP contribution in [-0.2, 0) is 9.53 Å². The Balaban J connectivity index is 2.77. The number of allylic oxidation sites excluding steroid dienone is 1. The molecule has 1 saturated heterocycles. The molecule has 0 aromatic heterocycles. The first-order chi connectivity index (χ1) is 11.7. The number of likely N-dealkylation sites (tertiary alicyclic amines) is 1. The molecule has 1 atom stereocenters. The zero-order chi connectivity index (χ0) is 17.8. The molecule has 136 valence electrons. The highest BCUT2D eigenvalue weighted by Gasteiger charge is 2.23.